The molecule has 0 aliphatic carbocycles. The van der Waals surface area contributed by atoms with Gasteiger partial charge < -0.3 is 53.6 Å². The Hall–Kier alpha value is -6.36. The van der Waals surface area contributed by atoms with Crippen LogP contribution in [0, 0.1) is 0 Å². The van der Waals surface area contributed by atoms with Crippen LogP contribution >= 0.6 is 0 Å². The summed E-state index contributed by atoms with van der Waals surface area (Å²) in [5, 5.41) is 19.8. The first kappa shape index (κ1) is 50.7. The second kappa shape index (κ2) is 29.8. The maximum Gasteiger partial charge on any atom is 0.471 e. The predicted octanol–water partition coefficient (Wildman–Crippen LogP) is 3.70. The number of benzene rings is 2. The molecule has 0 aliphatic rings. The van der Waals surface area contributed by atoms with Crippen molar-refractivity contribution in [2.75, 3.05) is 79.2 Å². The van der Waals surface area contributed by atoms with Gasteiger partial charge in [0.1, 0.15) is 37.9 Å². The predicted molar refractivity (Wildman–Crippen MR) is 195 cm³/mol. The number of carbonyl (C=O) groups excluding carboxylic acids is 4. The first-order valence-electron chi connectivity index (χ1n) is 17.3. The van der Waals surface area contributed by atoms with Crippen molar-refractivity contribution in [1.82, 2.24) is 10.6 Å². The minimum Gasteiger partial charge on any atom is -0.491 e. The molecule has 0 fully saturated rings. The van der Waals surface area contributed by atoms with E-state index in [1.165, 1.54) is 42.5 Å². The Balaban J connectivity index is 0.000000618. The van der Waals surface area contributed by atoms with Crippen molar-refractivity contribution in [3.63, 3.8) is 0 Å². The highest BCUT2D eigenvalue weighted by Gasteiger charge is 2.38. The molecule has 0 heterocycles. The fraction of sp³-hybridized carbons (Fsp3) is 0.500. The zero-order valence-electron chi connectivity index (χ0n) is 31.8. The van der Waals surface area contributed by atoms with Crippen molar-refractivity contribution in [2.45, 2.75) is 32.5 Å². The van der Waals surface area contributed by atoms with Crippen LogP contribution in [0.1, 0.15) is 34.6 Å². The summed E-state index contributed by atoms with van der Waals surface area (Å²) in [5.41, 5.74) is 17.4. The summed E-state index contributed by atoms with van der Waals surface area (Å²) >= 11 is 0. The quantitative estimate of drug-likeness (QED) is 0.0380. The van der Waals surface area contributed by atoms with Crippen LogP contribution in [0.4, 0.5) is 13.2 Å². The van der Waals surface area contributed by atoms with E-state index in [1.807, 2.05) is 0 Å². The topological polar surface area (TPSA) is 301 Å². The van der Waals surface area contributed by atoms with Crippen LogP contribution in [-0.4, -0.2) is 133 Å². The number of aromatic carboxylic acids is 1. The van der Waals surface area contributed by atoms with Crippen molar-refractivity contribution in [3.8, 4) is 11.5 Å². The molecule has 0 radical (unpaired) electrons. The standard InChI is InChI=1S/C19H24F3N5O7.C15H19N3O7/c1-2-32-16(28)12-31-8-9-33-15(26-27-23)11-34-14-5-3-4-13(10-14)17(29)24-6-7-25-18(30)19(20,21)22;1-2-23-14(19)10-22-6-7-24-13(17-18-16)9-25-12-5-3-4-11(8-12)15(20)21/h3-5,10,15H,2,6-9,11-12H2,1H3,(H,24,29)(H,25,30);3-5,8,13H,2,6-7,9-10H2,1H3,(H,20,21). The third kappa shape index (κ3) is 24.1. The van der Waals surface area contributed by atoms with Crippen LogP contribution in [0.3, 0.4) is 0 Å². The largest absolute Gasteiger partial charge is 0.491 e. The Morgan fingerprint density at radius 1 is 0.729 bits per heavy atom. The summed E-state index contributed by atoms with van der Waals surface area (Å²) in [6, 6.07) is 11.7. The summed E-state index contributed by atoms with van der Waals surface area (Å²) in [4.78, 5) is 61.3. The third-order valence-corrected chi connectivity index (χ3v) is 6.40. The highest BCUT2D eigenvalue weighted by atomic mass is 19.4. The second-order valence-corrected chi connectivity index (χ2v) is 10.8. The van der Waals surface area contributed by atoms with E-state index in [2.05, 4.69) is 30.1 Å². The van der Waals surface area contributed by atoms with Gasteiger partial charge in [0.25, 0.3) is 5.91 Å². The lowest BCUT2D eigenvalue weighted by Gasteiger charge is -2.14. The van der Waals surface area contributed by atoms with Crippen LogP contribution in [0.15, 0.2) is 58.8 Å². The van der Waals surface area contributed by atoms with E-state index in [4.69, 9.17) is 49.3 Å². The zero-order valence-corrected chi connectivity index (χ0v) is 31.8. The van der Waals surface area contributed by atoms with Crippen molar-refractivity contribution < 1.29 is 80.1 Å². The molecule has 2 unspecified atom stereocenters. The molecule has 0 spiro atoms. The molecule has 0 saturated heterocycles. The van der Waals surface area contributed by atoms with Gasteiger partial charge in [-0.1, -0.05) is 22.4 Å². The lowest BCUT2D eigenvalue weighted by molar-refractivity contribution is -0.173. The number of carboxylic acid groups (broad SMARTS) is 1. The Labute approximate surface area is 334 Å². The third-order valence-electron chi connectivity index (χ3n) is 6.40. The molecule has 2 aromatic rings. The number of nitrogens with one attached hydrogen (secondary N) is 2. The molecular weight excluding hydrogens is 801 g/mol. The molecule has 2 rings (SSSR count). The van der Waals surface area contributed by atoms with E-state index >= 15 is 0 Å². The van der Waals surface area contributed by atoms with Crippen LogP contribution in [0.25, 0.3) is 20.9 Å². The number of halogens is 3. The molecule has 2 amide bonds. The van der Waals surface area contributed by atoms with Gasteiger partial charge in [-0.25, -0.2) is 14.4 Å². The number of hydrogen-bond acceptors (Lipinski definition) is 15. The van der Waals surface area contributed by atoms with Crippen molar-refractivity contribution in [3.05, 3.63) is 80.5 Å². The van der Waals surface area contributed by atoms with Crippen LogP contribution < -0.4 is 20.1 Å². The van der Waals surface area contributed by atoms with Gasteiger partial charge in [-0.15, -0.1) is 0 Å². The van der Waals surface area contributed by atoms with E-state index < -0.39 is 54.9 Å². The van der Waals surface area contributed by atoms with Gasteiger partial charge in [-0.3, -0.25) is 9.59 Å². The first-order chi connectivity index (χ1) is 28.2. The highest BCUT2D eigenvalue weighted by molar-refractivity contribution is 5.94. The van der Waals surface area contributed by atoms with Crippen LogP contribution in [0.2, 0.25) is 0 Å². The van der Waals surface area contributed by atoms with E-state index in [9.17, 15) is 37.1 Å². The average Bonchev–Trinajstić information content (AvgIpc) is 3.20. The van der Waals surface area contributed by atoms with Gasteiger partial charge in [-0.2, -0.15) is 13.2 Å². The Morgan fingerprint density at radius 2 is 1.19 bits per heavy atom. The second-order valence-electron chi connectivity index (χ2n) is 10.8. The maximum atomic E-state index is 12.1. The fourth-order valence-electron chi connectivity index (χ4n) is 3.88. The number of nitrogens with zero attached hydrogens (tertiary/aromatic N) is 6. The van der Waals surface area contributed by atoms with Gasteiger partial charge in [-0.05, 0) is 61.3 Å². The minimum atomic E-state index is -5.00. The van der Waals surface area contributed by atoms with Gasteiger partial charge in [0.15, 0.2) is 12.5 Å². The summed E-state index contributed by atoms with van der Waals surface area (Å²) in [7, 11) is 0. The lowest BCUT2D eigenvalue weighted by Crippen LogP contribution is -2.41. The summed E-state index contributed by atoms with van der Waals surface area (Å²) in [5.74, 6) is -4.23. The molecular formula is C34H43F3N8O14. The molecule has 22 nitrogen and oxygen atoms in total. The smallest absolute Gasteiger partial charge is 0.471 e. The lowest BCUT2D eigenvalue weighted by atomic mass is 10.2. The number of amides is 2. The van der Waals surface area contributed by atoms with E-state index in [0.29, 0.717) is 5.75 Å². The minimum absolute atomic E-state index is 0.000224. The van der Waals surface area contributed by atoms with E-state index in [0.717, 1.165) is 0 Å². The number of carbonyl (C=O) groups is 5. The number of carboxylic acids is 1. The fourth-order valence-corrected chi connectivity index (χ4v) is 3.88. The van der Waals surface area contributed by atoms with Crippen molar-refractivity contribution in [1.29, 1.82) is 0 Å². The van der Waals surface area contributed by atoms with Gasteiger partial charge in [0.05, 0.1) is 45.2 Å². The molecule has 3 N–H and O–H groups in total. The number of hydrogen-bond donors (Lipinski definition) is 3. The van der Waals surface area contributed by atoms with Crippen LogP contribution in [-0.2, 0) is 42.8 Å². The van der Waals surface area contributed by atoms with Crippen molar-refractivity contribution in [2.24, 2.45) is 10.2 Å². The number of esters is 2. The normalized spacial score (nSPS) is 11.5. The Morgan fingerprint density at radius 3 is 1.63 bits per heavy atom. The number of azide groups is 2. The first-order valence-corrected chi connectivity index (χ1v) is 17.3. The monoisotopic (exact) mass is 844 g/mol. The number of rotatable bonds is 27. The molecule has 59 heavy (non-hydrogen) atoms. The molecule has 2 atom stereocenters. The van der Waals surface area contributed by atoms with Gasteiger partial charge in [0.2, 0.25) is 0 Å². The molecule has 0 bridgehead atoms. The molecule has 0 saturated carbocycles. The molecule has 0 aliphatic heterocycles. The summed E-state index contributed by atoms with van der Waals surface area (Å²) < 4.78 is 77.2. The highest BCUT2D eigenvalue weighted by Crippen LogP contribution is 2.16. The summed E-state index contributed by atoms with van der Waals surface area (Å²) in [6.07, 6.45) is -6.95. The Kier molecular flexibility index (Phi) is 25.6. The molecule has 324 valence electrons. The van der Waals surface area contributed by atoms with Crippen molar-refractivity contribution >= 4 is 29.7 Å². The van der Waals surface area contributed by atoms with E-state index in [1.54, 1.807) is 25.2 Å². The molecule has 0 aromatic heterocycles. The zero-order chi connectivity index (χ0) is 43.9. The Bertz CT molecular complexity index is 1730. The van der Waals surface area contributed by atoms with Crippen LogP contribution in [0.5, 0.6) is 11.5 Å². The average molecular weight is 845 g/mol. The summed E-state index contributed by atoms with van der Waals surface area (Å²) in [6.45, 7) is 2.70. The number of alkyl halides is 3. The SMILES string of the molecule is CCOC(=O)COCCOC(COc1cccc(C(=O)NCCNC(=O)C(F)(F)F)c1)N=[N+]=[N-].CCOC(=O)COCCOC(COc1cccc(C(=O)O)c1)N=[N+]=[N-]. The van der Waals surface area contributed by atoms with E-state index in [-0.39, 0.29) is 89.5 Å². The van der Waals surface area contributed by atoms with Gasteiger partial charge in [0, 0.05) is 28.5 Å². The van der Waals surface area contributed by atoms with Gasteiger partial charge >= 0.3 is 30.0 Å². The molecule has 2 aromatic carbocycles. The molecule has 25 heteroatoms. The number of ether oxygens (including phenoxy) is 8. The maximum absolute atomic E-state index is 12.1.